The Kier molecular flexibility index (Phi) is 13.9. The number of carbonyl (C=O) groups excluding carboxylic acids is 1. The molecule has 0 aliphatic rings. The lowest BCUT2D eigenvalue weighted by molar-refractivity contribution is -0.118. The van der Waals surface area contributed by atoms with Crippen LogP contribution >= 0.6 is 0 Å². The molecule has 0 aromatic carbocycles. The molecule has 106 valence electrons. The van der Waals surface area contributed by atoms with Gasteiger partial charge in [0.2, 0.25) is 0 Å². The van der Waals surface area contributed by atoms with Crippen molar-refractivity contribution in [3.05, 3.63) is 12.7 Å². The van der Waals surface area contributed by atoms with Crippen molar-refractivity contribution in [1.82, 2.24) is 0 Å². The molecule has 2 heteroatoms. The fraction of sp³-hybridized carbons (Fsp3) is 0.812. The number of hydrogen-bond acceptors (Lipinski definition) is 2. The van der Waals surface area contributed by atoms with E-state index < -0.39 is 0 Å². The van der Waals surface area contributed by atoms with Crippen LogP contribution in [0.3, 0.4) is 0 Å². The van der Waals surface area contributed by atoms with Crippen LogP contribution in [0, 0.1) is 0 Å². The SMILES string of the molecule is C=CC(=O)COCCCCCCCCCCCC. The Hall–Kier alpha value is -0.630. The van der Waals surface area contributed by atoms with E-state index in [1.165, 1.54) is 63.9 Å². The molecule has 0 saturated carbocycles. The average molecular weight is 254 g/mol. The second-order valence-electron chi connectivity index (χ2n) is 4.91. The molecule has 0 fully saturated rings. The van der Waals surface area contributed by atoms with Crippen LogP contribution in [-0.4, -0.2) is 19.0 Å². The van der Waals surface area contributed by atoms with Gasteiger partial charge in [-0.1, -0.05) is 71.3 Å². The summed E-state index contributed by atoms with van der Waals surface area (Å²) in [6.07, 6.45) is 14.5. The highest BCUT2D eigenvalue weighted by Gasteiger charge is 1.96. The van der Waals surface area contributed by atoms with Gasteiger partial charge in [0.05, 0.1) is 0 Å². The minimum Gasteiger partial charge on any atom is -0.373 e. The second-order valence-corrected chi connectivity index (χ2v) is 4.91. The van der Waals surface area contributed by atoms with E-state index in [4.69, 9.17) is 4.74 Å². The van der Waals surface area contributed by atoms with Crippen molar-refractivity contribution < 1.29 is 9.53 Å². The molecule has 0 rings (SSSR count). The van der Waals surface area contributed by atoms with Crippen LogP contribution in [0.25, 0.3) is 0 Å². The van der Waals surface area contributed by atoms with Crippen molar-refractivity contribution in [3.8, 4) is 0 Å². The molecule has 0 aliphatic carbocycles. The minimum absolute atomic E-state index is 0.0259. The smallest absolute Gasteiger partial charge is 0.180 e. The number of ether oxygens (including phenoxy) is 1. The maximum atomic E-state index is 10.9. The van der Waals surface area contributed by atoms with Gasteiger partial charge in [-0.3, -0.25) is 4.79 Å². The first-order valence-electron chi connectivity index (χ1n) is 7.54. The zero-order valence-corrected chi connectivity index (χ0v) is 12.1. The van der Waals surface area contributed by atoms with Gasteiger partial charge in [-0.2, -0.15) is 0 Å². The van der Waals surface area contributed by atoms with Gasteiger partial charge in [-0.05, 0) is 12.5 Å². The Labute approximate surface area is 113 Å². The Morgan fingerprint density at radius 3 is 1.94 bits per heavy atom. The normalized spacial score (nSPS) is 10.5. The molecule has 0 N–H and O–H groups in total. The summed E-state index contributed by atoms with van der Waals surface area (Å²) >= 11 is 0. The van der Waals surface area contributed by atoms with Crippen molar-refractivity contribution in [1.29, 1.82) is 0 Å². The molecule has 0 bridgehead atoms. The summed E-state index contributed by atoms with van der Waals surface area (Å²) in [6, 6.07) is 0. The molecule has 0 aromatic heterocycles. The van der Waals surface area contributed by atoms with Crippen LogP contribution in [0.15, 0.2) is 12.7 Å². The number of rotatable bonds is 14. The second kappa shape index (κ2) is 14.4. The molecule has 18 heavy (non-hydrogen) atoms. The summed E-state index contributed by atoms with van der Waals surface area (Å²) in [5.74, 6) is -0.0259. The predicted octanol–water partition coefficient (Wildman–Crippen LogP) is 4.68. The van der Waals surface area contributed by atoms with E-state index in [0.717, 1.165) is 6.42 Å². The maximum absolute atomic E-state index is 10.9. The summed E-state index contributed by atoms with van der Waals surface area (Å²) in [5, 5.41) is 0. The van der Waals surface area contributed by atoms with Crippen LogP contribution in [0.4, 0.5) is 0 Å². The quantitative estimate of drug-likeness (QED) is 0.332. The van der Waals surface area contributed by atoms with Crippen molar-refractivity contribution >= 4 is 5.78 Å². The average Bonchev–Trinajstić information content (AvgIpc) is 2.39. The summed E-state index contributed by atoms with van der Waals surface area (Å²) < 4.78 is 5.24. The monoisotopic (exact) mass is 254 g/mol. The Morgan fingerprint density at radius 2 is 1.44 bits per heavy atom. The van der Waals surface area contributed by atoms with Crippen LogP contribution < -0.4 is 0 Å². The summed E-state index contributed by atoms with van der Waals surface area (Å²) in [4.78, 5) is 10.9. The van der Waals surface area contributed by atoms with E-state index >= 15 is 0 Å². The molecule has 0 radical (unpaired) electrons. The number of ketones is 1. The van der Waals surface area contributed by atoms with E-state index in [1.54, 1.807) is 0 Å². The van der Waals surface area contributed by atoms with Gasteiger partial charge in [0.15, 0.2) is 5.78 Å². The standard InChI is InChI=1S/C16H30O2/c1-3-5-6-7-8-9-10-11-12-13-14-18-15-16(17)4-2/h4H,2-3,5-15H2,1H3. The van der Waals surface area contributed by atoms with Crippen LogP contribution in [0.5, 0.6) is 0 Å². The highest BCUT2D eigenvalue weighted by Crippen LogP contribution is 2.10. The van der Waals surface area contributed by atoms with Crippen molar-refractivity contribution in [2.24, 2.45) is 0 Å². The van der Waals surface area contributed by atoms with Crippen molar-refractivity contribution in [3.63, 3.8) is 0 Å². The van der Waals surface area contributed by atoms with E-state index in [9.17, 15) is 4.79 Å². The summed E-state index contributed by atoms with van der Waals surface area (Å²) in [6.45, 7) is 6.56. The van der Waals surface area contributed by atoms with Crippen LogP contribution in [0.1, 0.15) is 71.1 Å². The fourth-order valence-corrected chi connectivity index (χ4v) is 1.92. The zero-order chi connectivity index (χ0) is 13.5. The van der Waals surface area contributed by atoms with Crippen molar-refractivity contribution in [2.45, 2.75) is 71.1 Å². The Bertz CT molecular complexity index is 199. The van der Waals surface area contributed by atoms with Crippen LogP contribution in [-0.2, 0) is 9.53 Å². The third-order valence-electron chi connectivity index (χ3n) is 3.11. The first kappa shape index (κ1) is 17.4. The number of hydrogen-bond donors (Lipinski definition) is 0. The first-order chi connectivity index (χ1) is 8.81. The van der Waals surface area contributed by atoms with E-state index in [-0.39, 0.29) is 12.4 Å². The predicted molar refractivity (Wildman–Crippen MR) is 77.9 cm³/mol. The van der Waals surface area contributed by atoms with Crippen molar-refractivity contribution in [2.75, 3.05) is 13.2 Å². The molecule has 0 unspecified atom stereocenters. The summed E-state index contributed by atoms with van der Waals surface area (Å²) in [7, 11) is 0. The summed E-state index contributed by atoms with van der Waals surface area (Å²) in [5.41, 5.74) is 0. The first-order valence-corrected chi connectivity index (χ1v) is 7.54. The molecular formula is C16H30O2. The fourth-order valence-electron chi connectivity index (χ4n) is 1.92. The molecule has 2 nitrogen and oxygen atoms in total. The molecular weight excluding hydrogens is 224 g/mol. The lowest BCUT2D eigenvalue weighted by atomic mass is 10.1. The van der Waals surface area contributed by atoms with Crippen LogP contribution in [0.2, 0.25) is 0 Å². The molecule has 0 amide bonds. The number of carbonyl (C=O) groups is 1. The Morgan fingerprint density at radius 1 is 0.944 bits per heavy atom. The molecule has 0 atom stereocenters. The zero-order valence-electron chi connectivity index (χ0n) is 12.1. The van der Waals surface area contributed by atoms with Gasteiger partial charge in [-0.15, -0.1) is 0 Å². The molecule has 0 aromatic rings. The van der Waals surface area contributed by atoms with Gasteiger partial charge in [0.1, 0.15) is 6.61 Å². The maximum Gasteiger partial charge on any atom is 0.180 e. The third-order valence-corrected chi connectivity index (χ3v) is 3.11. The van der Waals surface area contributed by atoms with Gasteiger partial charge >= 0.3 is 0 Å². The largest absolute Gasteiger partial charge is 0.373 e. The highest BCUT2D eigenvalue weighted by atomic mass is 16.5. The topological polar surface area (TPSA) is 26.3 Å². The van der Waals surface area contributed by atoms with Gasteiger partial charge < -0.3 is 4.74 Å². The highest BCUT2D eigenvalue weighted by molar-refractivity contribution is 5.90. The molecule has 0 saturated heterocycles. The van der Waals surface area contributed by atoms with Gasteiger partial charge in [0.25, 0.3) is 0 Å². The minimum atomic E-state index is -0.0259. The Balaban J connectivity index is 2.98. The van der Waals surface area contributed by atoms with Gasteiger partial charge in [0, 0.05) is 6.61 Å². The molecule has 0 aliphatic heterocycles. The third kappa shape index (κ3) is 13.4. The number of unbranched alkanes of at least 4 members (excludes halogenated alkanes) is 9. The van der Waals surface area contributed by atoms with E-state index in [0.29, 0.717) is 6.61 Å². The van der Waals surface area contributed by atoms with Gasteiger partial charge in [-0.25, -0.2) is 0 Å². The lowest BCUT2D eigenvalue weighted by Gasteiger charge is -2.03. The lowest BCUT2D eigenvalue weighted by Crippen LogP contribution is -2.05. The van der Waals surface area contributed by atoms with E-state index in [1.807, 2.05) is 0 Å². The molecule has 0 spiro atoms. The molecule has 0 heterocycles. The van der Waals surface area contributed by atoms with E-state index in [2.05, 4.69) is 13.5 Å².